The zero-order valence-corrected chi connectivity index (χ0v) is 21.4. The predicted octanol–water partition coefficient (Wildman–Crippen LogP) is 3.60. The minimum absolute atomic E-state index is 0.0182. The number of nitrogens with one attached hydrogen (secondary N) is 1. The van der Waals surface area contributed by atoms with Crippen LogP contribution in [0, 0.1) is 0 Å². The van der Waals surface area contributed by atoms with E-state index in [0.717, 1.165) is 10.7 Å². The molecule has 2 aromatic carbocycles. The Bertz CT molecular complexity index is 1200. The number of fused-ring (bicyclic) bond motifs is 1. The van der Waals surface area contributed by atoms with E-state index in [4.69, 9.17) is 11.6 Å². The van der Waals surface area contributed by atoms with Crippen molar-refractivity contribution >= 4 is 39.3 Å². The third-order valence-electron chi connectivity index (χ3n) is 5.90. The number of rotatable bonds is 11. The highest BCUT2D eigenvalue weighted by atomic mass is 35.5. The van der Waals surface area contributed by atoms with Crippen LogP contribution in [0.15, 0.2) is 53.4 Å². The summed E-state index contributed by atoms with van der Waals surface area (Å²) in [5.41, 5.74) is 0.842. The molecule has 1 heterocycles. The van der Waals surface area contributed by atoms with Crippen molar-refractivity contribution in [1.29, 1.82) is 0 Å². The van der Waals surface area contributed by atoms with Crippen LogP contribution < -0.4 is 5.32 Å². The summed E-state index contributed by atoms with van der Waals surface area (Å²) >= 11 is 6.32. The van der Waals surface area contributed by atoms with Crippen LogP contribution in [-0.2, 0) is 26.2 Å². The molecule has 2 aromatic rings. The van der Waals surface area contributed by atoms with Crippen molar-refractivity contribution in [3.05, 3.63) is 64.7 Å². The first-order valence-corrected chi connectivity index (χ1v) is 13.5. The number of halogens is 1. The number of carbonyl (C=O) groups excluding carboxylic acids is 3. The Morgan fingerprint density at radius 2 is 1.77 bits per heavy atom. The van der Waals surface area contributed by atoms with Gasteiger partial charge in [-0.3, -0.25) is 14.4 Å². The van der Waals surface area contributed by atoms with Crippen molar-refractivity contribution in [3.8, 4) is 0 Å². The van der Waals surface area contributed by atoms with E-state index in [-0.39, 0.29) is 48.2 Å². The molecule has 1 unspecified atom stereocenters. The van der Waals surface area contributed by atoms with Crippen molar-refractivity contribution in [2.75, 3.05) is 13.1 Å². The number of sulfonamides is 1. The quantitative estimate of drug-likeness (QED) is 0.488. The molecule has 0 saturated heterocycles. The molecule has 35 heavy (non-hydrogen) atoms. The molecule has 1 atom stereocenters. The number of hydrogen-bond acceptors (Lipinski definition) is 5. The second-order valence-electron chi connectivity index (χ2n) is 8.31. The van der Waals surface area contributed by atoms with Gasteiger partial charge in [-0.1, -0.05) is 55.8 Å². The summed E-state index contributed by atoms with van der Waals surface area (Å²) < 4.78 is 26.4. The molecule has 0 radical (unpaired) electrons. The third kappa shape index (κ3) is 5.85. The molecule has 0 fully saturated rings. The summed E-state index contributed by atoms with van der Waals surface area (Å²) in [7, 11) is -3.94. The highest BCUT2D eigenvalue weighted by molar-refractivity contribution is 7.90. The van der Waals surface area contributed by atoms with Crippen LogP contribution >= 0.6 is 11.6 Å². The van der Waals surface area contributed by atoms with Crippen molar-refractivity contribution in [2.24, 2.45) is 0 Å². The molecule has 3 rings (SSSR count). The molecular weight excluding hydrogens is 490 g/mol. The van der Waals surface area contributed by atoms with Gasteiger partial charge in [-0.15, -0.1) is 0 Å². The monoisotopic (exact) mass is 519 g/mol. The zero-order valence-electron chi connectivity index (χ0n) is 19.9. The Morgan fingerprint density at radius 3 is 2.43 bits per heavy atom. The van der Waals surface area contributed by atoms with Crippen LogP contribution in [0.25, 0.3) is 0 Å². The fourth-order valence-corrected chi connectivity index (χ4v) is 5.87. The summed E-state index contributed by atoms with van der Waals surface area (Å²) in [6.07, 6.45) is 1.27. The minimum Gasteiger partial charge on any atom is -0.354 e. The fourth-order valence-electron chi connectivity index (χ4n) is 4.07. The molecule has 3 amide bonds. The fraction of sp³-hybridized carbons (Fsp3) is 0.400. The van der Waals surface area contributed by atoms with Gasteiger partial charge in [0.25, 0.3) is 15.9 Å². The van der Waals surface area contributed by atoms with E-state index < -0.39 is 22.0 Å². The molecule has 0 spiro atoms. The number of benzene rings is 2. The van der Waals surface area contributed by atoms with Gasteiger partial charge in [-0.2, -0.15) is 0 Å². The molecule has 8 nitrogen and oxygen atoms in total. The largest absolute Gasteiger partial charge is 0.354 e. The Hall–Kier alpha value is -2.91. The van der Waals surface area contributed by atoms with E-state index in [1.165, 1.54) is 17.0 Å². The van der Waals surface area contributed by atoms with Gasteiger partial charge >= 0.3 is 0 Å². The molecule has 10 heteroatoms. The molecule has 1 aliphatic heterocycles. The van der Waals surface area contributed by atoms with E-state index in [2.05, 4.69) is 5.32 Å². The topological polar surface area (TPSA) is 104 Å². The summed E-state index contributed by atoms with van der Waals surface area (Å²) in [6.45, 7) is 4.29. The molecule has 1 N–H and O–H groups in total. The highest BCUT2D eigenvalue weighted by Crippen LogP contribution is 2.30. The van der Waals surface area contributed by atoms with Gasteiger partial charge in [0.15, 0.2) is 0 Å². The number of hydrogen-bond donors (Lipinski definition) is 1. The second-order valence-corrected chi connectivity index (χ2v) is 10.5. The van der Waals surface area contributed by atoms with Gasteiger partial charge in [-0.05, 0) is 43.0 Å². The van der Waals surface area contributed by atoms with Crippen molar-refractivity contribution < 1.29 is 22.8 Å². The molecule has 1 aliphatic rings. The van der Waals surface area contributed by atoms with Gasteiger partial charge in [0.2, 0.25) is 11.8 Å². The Kier molecular flexibility index (Phi) is 8.91. The van der Waals surface area contributed by atoms with Gasteiger partial charge in [-0.25, -0.2) is 12.7 Å². The minimum atomic E-state index is -3.94. The molecule has 0 aliphatic carbocycles. The summed E-state index contributed by atoms with van der Waals surface area (Å²) in [5, 5.41) is 3.34. The summed E-state index contributed by atoms with van der Waals surface area (Å²) in [5.74, 6) is -1.15. The van der Waals surface area contributed by atoms with Crippen LogP contribution in [0.5, 0.6) is 0 Å². The third-order valence-corrected chi connectivity index (χ3v) is 8.11. The lowest BCUT2D eigenvalue weighted by Crippen LogP contribution is -2.49. The normalized spacial score (nSPS) is 14.9. The maximum atomic E-state index is 13.3. The van der Waals surface area contributed by atoms with Gasteiger partial charge < -0.3 is 10.2 Å². The summed E-state index contributed by atoms with van der Waals surface area (Å²) in [4.78, 5) is 40.2. The molecule has 0 saturated carbocycles. The number of carbonyl (C=O) groups is 3. The molecule has 188 valence electrons. The first-order chi connectivity index (χ1) is 16.7. The molecule has 0 aromatic heterocycles. The smallest absolute Gasteiger partial charge is 0.269 e. The zero-order chi connectivity index (χ0) is 25.6. The standard InChI is InChI=1S/C25H30ClN3O5S/c1-3-15-27-24(31)21(4-2)28(17-18-10-5-7-12-20(18)26)23(30)14-9-16-29-25(32)19-11-6-8-13-22(19)35(29,33)34/h5-8,10-13,21H,3-4,9,14-17H2,1-2H3,(H,27,31). The number of amides is 3. The van der Waals surface area contributed by atoms with E-state index in [0.29, 0.717) is 23.6 Å². The van der Waals surface area contributed by atoms with E-state index in [9.17, 15) is 22.8 Å². The van der Waals surface area contributed by atoms with Crippen molar-refractivity contribution in [1.82, 2.24) is 14.5 Å². The average Bonchev–Trinajstić information content (AvgIpc) is 3.04. The first kappa shape index (κ1) is 26.7. The van der Waals surface area contributed by atoms with Gasteiger partial charge in [0, 0.05) is 31.1 Å². The SMILES string of the molecule is CCCNC(=O)C(CC)N(Cc1ccccc1Cl)C(=O)CCCN1C(=O)c2ccccc2S1(=O)=O. The van der Waals surface area contributed by atoms with Crippen molar-refractivity contribution in [2.45, 2.75) is 57.0 Å². The lowest BCUT2D eigenvalue weighted by molar-refractivity contribution is -0.141. The first-order valence-electron chi connectivity index (χ1n) is 11.7. The highest BCUT2D eigenvalue weighted by Gasteiger charge is 2.40. The Labute approximate surface area is 211 Å². The van der Waals surface area contributed by atoms with Crippen LogP contribution in [0.3, 0.4) is 0 Å². The van der Waals surface area contributed by atoms with Gasteiger partial charge in [0.05, 0.1) is 5.56 Å². The lowest BCUT2D eigenvalue weighted by Gasteiger charge is -2.31. The number of nitrogens with zero attached hydrogens (tertiary/aromatic N) is 2. The second kappa shape index (κ2) is 11.7. The van der Waals surface area contributed by atoms with Crippen molar-refractivity contribution in [3.63, 3.8) is 0 Å². The van der Waals surface area contributed by atoms with Crippen LogP contribution in [-0.4, -0.2) is 54.5 Å². The van der Waals surface area contributed by atoms with Gasteiger partial charge in [0.1, 0.15) is 10.9 Å². The van der Waals surface area contributed by atoms with Crippen LogP contribution in [0.4, 0.5) is 0 Å². The molecule has 0 bridgehead atoms. The van der Waals surface area contributed by atoms with E-state index in [1.807, 2.05) is 19.9 Å². The summed E-state index contributed by atoms with van der Waals surface area (Å²) in [6, 6.07) is 12.5. The molecular formula is C25H30ClN3O5S. The van der Waals surface area contributed by atoms with E-state index in [1.54, 1.807) is 30.3 Å². The van der Waals surface area contributed by atoms with Crippen LogP contribution in [0.2, 0.25) is 5.02 Å². The van der Waals surface area contributed by atoms with Crippen LogP contribution in [0.1, 0.15) is 55.5 Å². The maximum Gasteiger partial charge on any atom is 0.269 e. The average molecular weight is 520 g/mol. The lowest BCUT2D eigenvalue weighted by atomic mass is 10.1. The Morgan fingerprint density at radius 1 is 1.09 bits per heavy atom. The maximum absolute atomic E-state index is 13.3. The van der Waals surface area contributed by atoms with E-state index >= 15 is 0 Å². The Balaban J connectivity index is 1.74. The predicted molar refractivity (Wildman–Crippen MR) is 133 cm³/mol.